The van der Waals surface area contributed by atoms with Gasteiger partial charge in [0.05, 0.1) is 30.2 Å². The molecule has 0 unspecified atom stereocenters. The van der Waals surface area contributed by atoms with E-state index in [2.05, 4.69) is 4.72 Å². The Balaban J connectivity index is 1.62. The summed E-state index contributed by atoms with van der Waals surface area (Å²) in [7, 11) is -2.25. The van der Waals surface area contributed by atoms with Gasteiger partial charge in [-0.2, -0.15) is 0 Å². The Kier molecular flexibility index (Phi) is 4.46. The number of sulfonamides is 1. The number of rotatable bonds is 5. The van der Waals surface area contributed by atoms with Crippen LogP contribution in [0.2, 0.25) is 5.02 Å². The first-order chi connectivity index (χ1) is 12.5. The van der Waals surface area contributed by atoms with Crippen LogP contribution >= 0.6 is 11.6 Å². The maximum absolute atomic E-state index is 12.7. The van der Waals surface area contributed by atoms with E-state index in [1.165, 1.54) is 25.3 Å². The van der Waals surface area contributed by atoms with Crippen LogP contribution in [-0.4, -0.2) is 28.7 Å². The maximum atomic E-state index is 12.7. The summed E-state index contributed by atoms with van der Waals surface area (Å²) in [6.45, 7) is 1.35. The third-order valence-electron chi connectivity index (χ3n) is 4.63. The minimum absolute atomic E-state index is 0.0877. The first kappa shape index (κ1) is 17.5. The van der Waals surface area contributed by atoms with Gasteiger partial charge in [-0.05, 0) is 24.3 Å². The number of benzene rings is 2. The Hall–Kier alpha value is -1.96. The summed E-state index contributed by atoms with van der Waals surface area (Å²) in [6.07, 6.45) is 1.55. The summed E-state index contributed by atoms with van der Waals surface area (Å²) in [4.78, 5) is 0.0877. The van der Waals surface area contributed by atoms with Crippen molar-refractivity contribution in [1.29, 1.82) is 0 Å². The van der Waals surface area contributed by atoms with Crippen LogP contribution in [-0.2, 0) is 29.4 Å². The highest BCUT2D eigenvalue weighted by Crippen LogP contribution is 2.40. The predicted molar refractivity (Wildman–Crippen MR) is 96.9 cm³/mol. The van der Waals surface area contributed by atoms with Crippen LogP contribution in [0.1, 0.15) is 16.7 Å². The second-order valence-corrected chi connectivity index (χ2v) is 8.31. The summed E-state index contributed by atoms with van der Waals surface area (Å²) < 4.78 is 44.5. The third-order valence-corrected chi connectivity index (χ3v) is 6.33. The molecule has 2 aromatic rings. The Morgan fingerprint density at radius 2 is 2.00 bits per heavy atom. The Labute approximate surface area is 157 Å². The molecule has 4 rings (SSSR count). The fraction of sp³-hybridized carbons (Fsp3) is 0.333. The molecule has 2 aliphatic rings. The lowest BCUT2D eigenvalue weighted by Crippen LogP contribution is -2.24. The molecule has 6 nitrogen and oxygen atoms in total. The second kappa shape index (κ2) is 6.64. The normalized spacial score (nSPS) is 15.2. The molecule has 0 amide bonds. The molecular formula is C18H18ClNO5S. The standard InChI is InChI=1S/C18H18ClNO5S/c1-23-16-3-2-12(9-15(16)19)26(21,22)20-10-14-13-5-7-24-17(13)8-11-4-6-25-18(11)14/h2-3,8-9,20H,4-7,10H2,1H3. The van der Waals surface area contributed by atoms with Crippen LogP contribution in [0.15, 0.2) is 29.2 Å². The zero-order valence-electron chi connectivity index (χ0n) is 14.2. The summed E-state index contributed by atoms with van der Waals surface area (Å²) in [5.41, 5.74) is 2.93. The number of halogens is 1. The van der Waals surface area contributed by atoms with Gasteiger partial charge in [0.15, 0.2) is 0 Å². The molecule has 2 aromatic carbocycles. The van der Waals surface area contributed by atoms with E-state index in [4.69, 9.17) is 25.8 Å². The van der Waals surface area contributed by atoms with Crippen molar-refractivity contribution < 1.29 is 22.6 Å². The quantitative estimate of drug-likeness (QED) is 0.842. The number of hydrogen-bond donors (Lipinski definition) is 1. The van der Waals surface area contributed by atoms with E-state index >= 15 is 0 Å². The smallest absolute Gasteiger partial charge is 0.240 e. The highest BCUT2D eigenvalue weighted by atomic mass is 35.5. The third kappa shape index (κ3) is 3.00. The van der Waals surface area contributed by atoms with Gasteiger partial charge in [-0.25, -0.2) is 13.1 Å². The summed E-state index contributed by atoms with van der Waals surface area (Å²) in [5.74, 6) is 2.04. The van der Waals surface area contributed by atoms with Crippen molar-refractivity contribution in [1.82, 2.24) is 4.72 Å². The molecule has 8 heteroatoms. The molecule has 0 radical (unpaired) electrons. The lowest BCUT2D eigenvalue weighted by atomic mass is 10.00. The summed E-state index contributed by atoms with van der Waals surface area (Å²) in [5, 5.41) is 0.244. The van der Waals surface area contributed by atoms with Crippen molar-refractivity contribution in [2.45, 2.75) is 24.3 Å². The van der Waals surface area contributed by atoms with E-state index in [1.54, 1.807) is 0 Å². The van der Waals surface area contributed by atoms with Crippen molar-refractivity contribution in [3.05, 3.63) is 46.0 Å². The number of methoxy groups -OCH3 is 1. The minimum atomic E-state index is -3.73. The molecule has 0 aromatic heterocycles. The van der Waals surface area contributed by atoms with E-state index in [1.807, 2.05) is 6.07 Å². The van der Waals surface area contributed by atoms with Crippen LogP contribution in [0.25, 0.3) is 0 Å². The lowest BCUT2D eigenvalue weighted by molar-refractivity contribution is 0.352. The number of ether oxygens (including phenoxy) is 3. The van der Waals surface area contributed by atoms with Gasteiger partial charge in [-0.3, -0.25) is 0 Å². The maximum Gasteiger partial charge on any atom is 0.240 e. The fourth-order valence-corrected chi connectivity index (χ4v) is 4.68. The molecule has 1 N–H and O–H groups in total. The monoisotopic (exact) mass is 395 g/mol. The lowest BCUT2D eigenvalue weighted by Gasteiger charge is -2.14. The zero-order chi connectivity index (χ0) is 18.3. The molecule has 0 aliphatic carbocycles. The second-order valence-electron chi connectivity index (χ2n) is 6.14. The van der Waals surface area contributed by atoms with Gasteiger partial charge >= 0.3 is 0 Å². The number of hydrogen-bond acceptors (Lipinski definition) is 5. The largest absolute Gasteiger partial charge is 0.495 e. The van der Waals surface area contributed by atoms with Crippen LogP contribution in [0.3, 0.4) is 0 Å². The summed E-state index contributed by atoms with van der Waals surface area (Å²) >= 11 is 6.05. The van der Waals surface area contributed by atoms with Crippen molar-refractivity contribution in [3.63, 3.8) is 0 Å². The van der Waals surface area contributed by atoms with Gasteiger partial charge in [-0.1, -0.05) is 11.6 Å². The molecule has 2 heterocycles. The van der Waals surface area contributed by atoms with E-state index in [0.29, 0.717) is 19.0 Å². The van der Waals surface area contributed by atoms with E-state index < -0.39 is 10.0 Å². The van der Waals surface area contributed by atoms with E-state index in [0.717, 1.165) is 41.0 Å². The highest BCUT2D eigenvalue weighted by molar-refractivity contribution is 7.89. The van der Waals surface area contributed by atoms with Crippen molar-refractivity contribution in [2.75, 3.05) is 20.3 Å². The average Bonchev–Trinajstić information content (AvgIpc) is 3.27. The first-order valence-corrected chi connectivity index (χ1v) is 10.1. The average molecular weight is 396 g/mol. The Morgan fingerprint density at radius 1 is 1.19 bits per heavy atom. The Bertz CT molecular complexity index is 942. The minimum Gasteiger partial charge on any atom is -0.495 e. The molecule has 0 spiro atoms. The molecule has 0 saturated heterocycles. The van der Waals surface area contributed by atoms with Gasteiger partial charge in [-0.15, -0.1) is 0 Å². The molecule has 0 fully saturated rings. The SMILES string of the molecule is COc1ccc(S(=O)(=O)NCc2c3c(cc4c2OCC4)OCC3)cc1Cl. The van der Waals surface area contributed by atoms with Gasteiger partial charge in [0.2, 0.25) is 10.0 Å². The summed E-state index contributed by atoms with van der Waals surface area (Å²) in [6, 6.07) is 6.38. The van der Waals surface area contributed by atoms with E-state index in [-0.39, 0.29) is 16.5 Å². The molecule has 26 heavy (non-hydrogen) atoms. The van der Waals surface area contributed by atoms with Crippen LogP contribution in [0.4, 0.5) is 0 Å². The van der Waals surface area contributed by atoms with Crippen LogP contribution in [0.5, 0.6) is 17.2 Å². The van der Waals surface area contributed by atoms with Crippen molar-refractivity contribution in [2.24, 2.45) is 0 Å². The molecule has 0 saturated carbocycles. The van der Waals surface area contributed by atoms with E-state index in [9.17, 15) is 8.42 Å². The van der Waals surface area contributed by atoms with Gasteiger partial charge in [0.1, 0.15) is 17.2 Å². The number of nitrogens with one attached hydrogen (secondary N) is 1. The highest BCUT2D eigenvalue weighted by Gasteiger charge is 2.27. The zero-order valence-corrected chi connectivity index (χ0v) is 15.7. The molecule has 138 valence electrons. The van der Waals surface area contributed by atoms with Crippen molar-refractivity contribution >= 4 is 21.6 Å². The Morgan fingerprint density at radius 3 is 2.77 bits per heavy atom. The number of fused-ring (bicyclic) bond motifs is 2. The topological polar surface area (TPSA) is 73.9 Å². The molecule has 0 atom stereocenters. The first-order valence-electron chi connectivity index (χ1n) is 8.26. The van der Waals surface area contributed by atoms with Crippen molar-refractivity contribution in [3.8, 4) is 17.2 Å². The molecule has 2 aliphatic heterocycles. The van der Waals surface area contributed by atoms with Gasteiger partial charge < -0.3 is 14.2 Å². The van der Waals surface area contributed by atoms with Gasteiger partial charge in [0, 0.05) is 36.1 Å². The molecule has 0 bridgehead atoms. The van der Waals surface area contributed by atoms with Crippen LogP contribution in [0, 0.1) is 0 Å². The molecular weight excluding hydrogens is 378 g/mol. The fourth-order valence-electron chi connectivity index (χ4n) is 3.34. The predicted octanol–water partition coefficient (Wildman–Crippen LogP) is 2.70. The van der Waals surface area contributed by atoms with Crippen LogP contribution < -0.4 is 18.9 Å². The van der Waals surface area contributed by atoms with Gasteiger partial charge in [0.25, 0.3) is 0 Å².